The third kappa shape index (κ3) is 2.16. The van der Waals surface area contributed by atoms with Crippen LogP contribution in [0.2, 0.25) is 0 Å². The molecule has 4 rings (SSSR count). The lowest BCUT2D eigenvalue weighted by Gasteiger charge is -2.48. The molecular weight excluding hydrogens is 382 g/mol. The molecule has 4 unspecified atom stereocenters. The lowest BCUT2D eigenvalue weighted by atomic mass is 9.52. The van der Waals surface area contributed by atoms with Crippen molar-refractivity contribution >= 4 is 5.90 Å². The Hall–Kier alpha value is -3.93. The highest BCUT2D eigenvalue weighted by molar-refractivity contribution is 5.90. The maximum atomic E-state index is 10.4. The number of benzene rings is 1. The van der Waals surface area contributed by atoms with Gasteiger partial charge in [-0.05, 0) is 12.1 Å². The molecule has 2 bridgehead atoms. The molecule has 2 fully saturated rings. The minimum Gasteiger partial charge on any atom is -0.496 e. The fourth-order valence-corrected chi connectivity index (χ4v) is 4.69. The highest BCUT2D eigenvalue weighted by Gasteiger charge is 2.80. The topological polar surface area (TPSA) is 136 Å². The van der Waals surface area contributed by atoms with Crippen molar-refractivity contribution in [2.75, 3.05) is 7.11 Å². The predicted molar refractivity (Wildman–Crippen MR) is 103 cm³/mol. The largest absolute Gasteiger partial charge is 0.496 e. The van der Waals surface area contributed by atoms with Crippen LogP contribution in [0.3, 0.4) is 0 Å². The zero-order valence-corrected chi connectivity index (χ0v) is 16.3. The van der Waals surface area contributed by atoms with Crippen LogP contribution >= 0.6 is 0 Å². The monoisotopic (exact) mass is 399 g/mol. The van der Waals surface area contributed by atoms with Gasteiger partial charge in [0.05, 0.1) is 31.2 Å². The van der Waals surface area contributed by atoms with E-state index in [9.17, 15) is 15.8 Å². The Morgan fingerprint density at radius 1 is 1.10 bits per heavy atom. The van der Waals surface area contributed by atoms with Gasteiger partial charge in [0.1, 0.15) is 11.9 Å². The van der Waals surface area contributed by atoms with Gasteiger partial charge in [-0.25, -0.2) is 0 Å². The summed E-state index contributed by atoms with van der Waals surface area (Å²) in [4.78, 5) is 4.06. The van der Waals surface area contributed by atoms with Crippen LogP contribution in [0.25, 0.3) is 0 Å². The predicted octanol–water partition coefficient (Wildman–Crippen LogP) is 3.21. The molecule has 1 N–H and O–H groups in total. The van der Waals surface area contributed by atoms with Crippen molar-refractivity contribution in [2.45, 2.75) is 24.7 Å². The Labute approximate surface area is 173 Å². The van der Waals surface area contributed by atoms with E-state index >= 15 is 0 Å². The molecule has 3 heterocycles. The first-order valence-corrected chi connectivity index (χ1v) is 9.16. The van der Waals surface area contributed by atoms with Crippen LogP contribution in [0.15, 0.2) is 48.8 Å². The van der Waals surface area contributed by atoms with Gasteiger partial charge in [-0.15, -0.1) is 0 Å². The number of hydrogen-bond donors (Lipinski definition) is 1. The molecule has 8 heteroatoms. The Kier molecular flexibility index (Phi) is 4.24. The maximum absolute atomic E-state index is 10.4. The normalized spacial score (nSPS) is 31.0. The van der Waals surface area contributed by atoms with Crippen molar-refractivity contribution in [1.82, 2.24) is 4.98 Å². The molecule has 4 atom stereocenters. The number of nitriles is 3. The number of aromatic nitrogens is 1. The molecule has 0 amide bonds. The van der Waals surface area contributed by atoms with Gasteiger partial charge in [0.15, 0.2) is 5.41 Å². The molecule has 1 aromatic heterocycles. The first-order chi connectivity index (χ1) is 14.4. The van der Waals surface area contributed by atoms with Gasteiger partial charge in [-0.1, -0.05) is 24.3 Å². The summed E-state index contributed by atoms with van der Waals surface area (Å²) in [7, 11) is 1.48. The fraction of sp³-hybridized carbons (Fsp3) is 0.318. The van der Waals surface area contributed by atoms with E-state index in [0.29, 0.717) is 16.9 Å². The van der Waals surface area contributed by atoms with E-state index < -0.39 is 34.5 Å². The summed E-state index contributed by atoms with van der Waals surface area (Å²) in [6.07, 6.45) is 1.88. The van der Waals surface area contributed by atoms with Crippen LogP contribution in [0, 0.1) is 50.2 Å². The Morgan fingerprint density at radius 3 is 2.43 bits per heavy atom. The summed E-state index contributed by atoms with van der Waals surface area (Å²) >= 11 is 0. The minimum atomic E-state index is -2.07. The van der Waals surface area contributed by atoms with Crippen molar-refractivity contribution in [3.05, 3.63) is 59.9 Å². The van der Waals surface area contributed by atoms with Gasteiger partial charge in [0.25, 0.3) is 0 Å². The number of para-hydroxylation sites is 1. The van der Waals surface area contributed by atoms with E-state index in [-0.39, 0.29) is 0 Å². The van der Waals surface area contributed by atoms with Gasteiger partial charge in [0, 0.05) is 30.4 Å². The maximum Gasteiger partial charge on any atom is 0.219 e. The summed E-state index contributed by atoms with van der Waals surface area (Å²) in [5.74, 6) is -2.47. The van der Waals surface area contributed by atoms with E-state index in [1.807, 2.05) is 12.1 Å². The average Bonchev–Trinajstić information content (AvgIpc) is 2.96. The minimum absolute atomic E-state index is 0.444. The van der Waals surface area contributed by atoms with Crippen LogP contribution in [0.5, 0.6) is 5.75 Å². The highest BCUT2D eigenvalue weighted by Crippen LogP contribution is 2.69. The third-order valence-corrected chi connectivity index (χ3v) is 5.95. The second-order valence-corrected chi connectivity index (χ2v) is 7.36. The zero-order valence-electron chi connectivity index (χ0n) is 16.3. The summed E-state index contributed by atoms with van der Waals surface area (Å²) < 4.78 is 17.5. The van der Waals surface area contributed by atoms with Crippen molar-refractivity contribution < 1.29 is 14.2 Å². The highest BCUT2D eigenvalue weighted by atomic mass is 16.7. The quantitative estimate of drug-likeness (QED) is 0.837. The average molecular weight is 399 g/mol. The molecule has 30 heavy (non-hydrogen) atoms. The van der Waals surface area contributed by atoms with Crippen LogP contribution < -0.4 is 4.74 Å². The summed E-state index contributed by atoms with van der Waals surface area (Å²) in [5.41, 5.74) is -3.03. The number of nitrogens with zero attached hydrogens (tertiary/aromatic N) is 4. The lowest BCUT2D eigenvalue weighted by Crippen LogP contribution is -2.57. The Bertz CT molecular complexity index is 1130. The van der Waals surface area contributed by atoms with Gasteiger partial charge in [-0.3, -0.25) is 10.4 Å². The summed E-state index contributed by atoms with van der Waals surface area (Å²) in [6, 6.07) is 16.4. The molecule has 2 aliphatic heterocycles. The van der Waals surface area contributed by atoms with Gasteiger partial charge >= 0.3 is 0 Å². The van der Waals surface area contributed by atoms with Crippen LogP contribution in [0.1, 0.15) is 30.1 Å². The van der Waals surface area contributed by atoms with Crippen molar-refractivity contribution in [1.29, 1.82) is 21.2 Å². The molecule has 8 nitrogen and oxygen atoms in total. The van der Waals surface area contributed by atoms with E-state index in [4.69, 9.17) is 19.6 Å². The smallest absolute Gasteiger partial charge is 0.219 e. The SMILES string of the molecule is COc1ccccc1C1C2(C)OC(=N)C1(C#N)C(C#N)(C#N)C(c1cccnc1)O2. The number of rotatable bonds is 3. The van der Waals surface area contributed by atoms with E-state index in [1.165, 1.54) is 13.3 Å². The number of nitrogens with one attached hydrogen (secondary N) is 1. The second kappa shape index (κ2) is 6.56. The molecule has 1 aromatic carbocycles. The van der Waals surface area contributed by atoms with Crippen LogP contribution in [-0.4, -0.2) is 23.8 Å². The zero-order chi connectivity index (χ0) is 21.6. The van der Waals surface area contributed by atoms with Crippen LogP contribution in [0.4, 0.5) is 0 Å². The fourth-order valence-electron chi connectivity index (χ4n) is 4.69. The molecule has 148 valence electrons. The van der Waals surface area contributed by atoms with Gasteiger partial charge in [0.2, 0.25) is 17.1 Å². The number of hydrogen-bond acceptors (Lipinski definition) is 8. The molecular formula is C22H17N5O3. The molecule has 2 aromatic rings. The number of ether oxygens (including phenoxy) is 3. The van der Waals surface area contributed by atoms with Crippen molar-refractivity contribution in [3.8, 4) is 24.0 Å². The number of methoxy groups -OCH3 is 1. The number of pyridine rings is 1. The van der Waals surface area contributed by atoms with E-state index in [2.05, 4.69) is 11.1 Å². The standard InChI is InChI=1S/C22H17N5O3/c1-20-17(15-7-3-4-8-16(15)28-2)22(13-25,19(26)30-20)21(11-23,12-24)18(29-20)14-6-5-9-27-10-14/h3-10,17-18,26H,1-2H3. The third-order valence-electron chi connectivity index (χ3n) is 5.95. The van der Waals surface area contributed by atoms with Crippen LogP contribution in [-0.2, 0) is 9.47 Å². The lowest BCUT2D eigenvalue weighted by molar-refractivity contribution is -0.253. The Balaban J connectivity index is 2.07. The second-order valence-electron chi connectivity index (χ2n) is 7.36. The molecule has 0 spiro atoms. The Morgan fingerprint density at radius 2 is 1.83 bits per heavy atom. The summed E-state index contributed by atoms with van der Waals surface area (Å²) in [5, 5.41) is 39.6. The van der Waals surface area contributed by atoms with Gasteiger partial charge < -0.3 is 14.2 Å². The molecule has 0 saturated carbocycles. The molecule has 0 aliphatic carbocycles. The summed E-state index contributed by atoms with van der Waals surface area (Å²) in [6.45, 7) is 1.61. The number of fused-ring (bicyclic) bond motifs is 2. The van der Waals surface area contributed by atoms with E-state index in [1.54, 1.807) is 49.5 Å². The van der Waals surface area contributed by atoms with Crippen molar-refractivity contribution in [3.63, 3.8) is 0 Å². The van der Waals surface area contributed by atoms with E-state index in [0.717, 1.165) is 0 Å². The molecule has 2 saturated heterocycles. The van der Waals surface area contributed by atoms with Gasteiger partial charge in [-0.2, -0.15) is 15.8 Å². The molecule has 0 radical (unpaired) electrons. The first kappa shape index (κ1) is 19.4. The van der Waals surface area contributed by atoms with Crippen molar-refractivity contribution in [2.24, 2.45) is 10.8 Å². The molecule has 2 aliphatic rings. The first-order valence-electron chi connectivity index (χ1n) is 9.16.